The van der Waals surface area contributed by atoms with Gasteiger partial charge in [-0.2, -0.15) is 0 Å². The first-order chi connectivity index (χ1) is 23.5. The van der Waals surface area contributed by atoms with Gasteiger partial charge in [0.2, 0.25) is 0 Å². The number of amidine groups is 2. The Morgan fingerprint density at radius 2 is 1.69 bits per heavy atom. The quantitative estimate of drug-likeness (QED) is 0.286. The van der Waals surface area contributed by atoms with Crippen LogP contribution in [0.15, 0.2) is 112 Å². The molecule has 0 bridgehead atoms. The maximum absolute atomic E-state index is 7.00. The Balaban J connectivity index is 0.937. The molecule has 1 aromatic heterocycles. The molecule has 0 radical (unpaired) electrons. The van der Waals surface area contributed by atoms with Gasteiger partial charge in [-0.3, -0.25) is 0 Å². The van der Waals surface area contributed by atoms with Gasteiger partial charge in [-0.1, -0.05) is 98.8 Å². The lowest BCUT2D eigenvalue weighted by Gasteiger charge is -2.48. The van der Waals surface area contributed by atoms with Crippen molar-refractivity contribution >= 4 is 39.2 Å². The van der Waals surface area contributed by atoms with E-state index in [-0.39, 0.29) is 11.8 Å². The molecule has 4 nitrogen and oxygen atoms in total. The SMILES string of the molecule is CC1(C)C2CC=CCC2OC23CCC(C4=CC=C(C5=NC(c6ccccc6)N=C(c6ccc7c8c(sc7c6)CCC=C8)N5)CC4)=CC2C13. The van der Waals surface area contributed by atoms with Gasteiger partial charge in [0.1, 0.15) is 11.7 Å². The molecule has 0 amide bonds. The van der Waals surface area contributed by atoms with Crippen molar-refractivity contribution in [2.45, 2.75) is 83.1 Å². The molecule has 2 fully saturated rings. The molecule has 10 rings (SSSR count). The second-order valence-corrected chi connectivity index (χ2v) is 16.7. The Morgan fingerprint density at radius 3 is 2.56 bits per heavy atom. The van der Waals surface area contributed by atoms with E-state index in [1.807, 2.05) is 11.3 Å². The normalized spacial score (nSPS) is 32.7. The fraction of sp³-hybridized carbons (Fsp3) is 0.395. The average Bonchev–Trinajstić information content (AvgIpc) is 3.67. The van der Waals surface area contributed by atoms with Gasteiger partial charge in [0.05, 0.1) is 11.7 Å². The molecule has 48 heavy (non-hydrogen) atoms. The van der Waals surface area contributed by atoms with Crippen molar-refractivity contribution in [1.82, 2.24) is 5.32 Å². The van der Waals surface area contributed by atoms with Crippen molar-refractivity contribution in [3.05, 3.63) is 123 Å². The van der Waals surface area contributed by atoms with Crippen molar-refractivity contribution in [3.63, 3.8) is 0 Å². The molecule has 1 saturated carbocycles. The summed E-state index contributed by atoms with van der Waals surface area (Å²) in [6, 6.07) is 17.4. The number of hydrogen-bond acceptors (Lipinski definition) is 5. The summed E-state index contributed by atoms with van der Waals surface area (Å²) in [6.45, 7) is 5.06. The van der Waals surface area contributed by atoms with Crippen LogP contribution in [0.1, 0.15) is 86.5 Å². The Kier molecular flexibility index (Phi) is 6.59. The number of nitrogens with one attached hydrogen (secondary N) is 1. The molecule has 7 aliphatic rings. The summed E-state index contributed by atoms with van der Waals surface area (Å²) in [5.74, 6) is 3.71. The lowest BCUT2D eigenvalue weighted by molar-refractivity contribution is -0.149. The van der Waals surface area contributed by atoms with Gasteiger partial charge in [0.25, 0.3) is 0 Å². The first-order valence-corrected chi connectivity index (χ1v) is 18.9. The van der Waals surface area contributed by atoms with Crippen molar-refractivity contribution in [2.75, 3.05) is 0 Å². The van der Waals surface area contributed by atoms with Crippen LogP contribution in [0.5, 0.6) is 0 Å². The standard InChI is InChI=1S/C43H43N3OS/c1-42(2)33-13-7-8-14-35(33)47-43-23-22-29(24-34(43)38(42)43)26-16-18-28(19-17-26)40-44-39(27-10-4-3-5-11-27)45-41(46-40)30-20-21-32-31-12-6-9-15-36(31)48-37(32)25-30/h3-8,10-12,16,18,20-21,24-25,33-35,38-39H,9,13-15,17,19,22-23H2,1-2H3,(H,44,45,46). The van der Waals surface area contributed by atoms with Gasteiger partial charge in [-0.25, -0.2) is 9.98 Å². The number of hydrogen-bond donors (Lipinski definition) is 1. The van der Waals surface area contributed by atoms with E-state index in [4.69, 9.17) is 14.7 Å². The molecule has 1 saturated heterocycles. The fourth-order valence-corrected chi connectivity index (χ4v) is 11.4. The molecule has 6 unspecified atom stereocenters. The first kappa shape index (κ1) is 29.1. The molecule has 5 heteroatoms. The summed E-state index contributed by atoms with van der Waals surface area (Å²) in [6.07, 6.45) is 25.7. The Morgan fingerprint density at radius 1 is 0.854 bits per heavy atom. The highest BCUT2D eigenvalue weighted by molar-refractivity contribution is 7.19. The minimum atomic E-state index is -0.267. The molecule has 3 aromatic rings. The fourth-order valence-electron chi connectivity index (χ4n) is 10.2. The van der Waals surface area contributed by atoms with Gasteiger partial charge in [0, 0.05) is 27.0 Å². The lowest BCUT2D eigenvalue weighted by Crippen LogP contribution is -2.48. The van der Waals surface area contributed by atoms with Crippen LogP contribution in [0.2, 0.25) is 0 Å². The zero-order chi connectivity index (χ0) is 32.0. The van der Waals surface area contributed by atoms with Crippen LogP contribution in [0, 0.1) is 23.2 Å². The number of aryl methyl sites for hydroxylation is 1. The number of allylic oxidation sites excluding steroid dienone is 6. The van der Waals surface area contributed by atoms with E-state index in [1.165, 1.54) is 44.5 Å². The minimum absolute atomic E-state index is 0.0840. The van der Waals surface area contributed by atoms with Gasteiger partial charge in [-0.05, 0) is 102 Å². The maximum Gasteiger partial charge on any atom is 0.169 e. The largest absolute Gasteiger partial charge is 0.370 e. The Hall–Kier alpha value is -3.80. The number of aliphatic imine (C=N–C) groups is 2. The summed E-state index contributed by atoms with van der Waals surface area (Å²) in [5, 5.41) is 5.05. The first-order valence-electron chi connectivity index (χ1n) is 18.1. The predicted octanol–water partition coefficient (Wildman–Crippen LogP) is 10.1. The highest BCUT2D eigenvalue weighted by Crippen LogP contribution is 2.73. The van der Waals surface area contributed by atoms with Crippen molar-refractivity contribution in [1.29, 1.82) is 0 Å². The molecular formula is C43H43N3OS. The van der Waals surface area contributed by atoms with Crippen LogP contribution in [-0.2, 0) is 11.2 Å². The molecule has 6 atom stereocenters. The van der Waals surface area contributed by atoms with E-state index in [9.17, 15) is 0 Å². The number of benzene rings is 2. The summed E-state index contributed by atoms with van der Waals surface area (Å²) in [4.78, 5) is 11.9. The number of nitrogens with zero attached hydrogens (tertiary/aromatic N) is 2. The average molecular weight is 650 g/mol. The third-order valence-corrected chi connectivity index (χ3v) is 13.8. The van der Waals surface area contributed by atoms with E-state index >= 15 is 0 Å². The van der Waals surface area contributed by atoms with Crippen molar-refractivity contribution in [2.24, 2.45) is 33.2 Å². The topological polar surface area (TPSA) is 46.0 Å². The van der Waals surface area contributed by atoms with Crippen LogP contribution in [0.25, 0.3) is 16.2 Å². The third-order valence-electron chi connectivity index (χ3n) is 12.6. The number of rotatable bonds is 4. The zero-order valence-electron chi connectivity index (χ0n) is 27.9. The number of fused-ring (bicyclic) bond motifs is 5. The smallest absolute Gasteiger partial charge is 0.169 e. The zero-order valence-corrected chi connectivity index (χ0v) is 28.7. The van der Waals surface area contributed by atoms with Gasteiger partial charge >= 0.3 is 0 Å². The second-order valence-electron chi connectivity index (χ2n) is 15.5. The molecule has 242 valence electrons. The van der Waals surface area contributed by atoms with E-state index in [0.717, 1.165) is 61.3 Å². The molecular weight excluding hydrogens is 607 g/mol. The molecule has 2 aromatic carbocycles. The van der Waals surface area contributed by atoms with Gasteiger partial charge in [-0.15, -0.1) is 11.3 Å². The van der Waals surface area contributed by atoms with Crippen LogP contribution in [-0.4, -0.2) is 23.4 Å². The van der Waals surface area contributed by atoms with Gasteiger partial charge < -0.3 is 10.1 Å². The Labute approximate surface area is 287 Å². The van der Waals surface area contributed by atoms with Crippen LogP contribution < -0.4 is 5.32 Å². The van der Waals surface area contributed by atoms with Crippen LogP contribution in [0.4, 0.5) is 0 Å². The van der Waals surface area contributed by atoms with E-state index in [0.29, 0.717) is 29.3 Å². The van der Waals surface area contributed by atoms with Crippen molar-refractivity contribution < 1.29 is 4.74 Å². The minimum Gasteiger partial charge on any atom is -0.370 e. The molecule has 3 heterocycles. The molecule has 1 N–H and O–H groups in total. The lowest BCUT2D eigenvalue weighted by atomic mass is 9.65. The number of thiophene rings is 1. The highest BCUT2D eigenvalue weighted by Gasteiger charge is 2.75. The second kappa shape index (κ2) is 10.9. The Bertz CT molecular complexity index is 2050. The molecule has 2 aliphatic heterocycles. The predicted molar refractivity (Wildman–Crippen MR) is 198 cm³/mol. The summed E-state index contributed by atoms with van der Waals surface area (Å²) in [5.41, 5.74) is 8.37. The van der Waals surface area contributed by atoms with E-state index in [1.54, 1.807) is 5.57 Å². The maximum atomic E-state index is 7.00. The summed E-state index contributed by atoms with van der Waals surface area (Å²) >= 11 is 1.93. The van der Waals surface area contributed by atoms with E-state index < -0.39 is 0 Å². The van der Waals surface area contributed by atoms with Crippen LogP contribution >= 0.6 is 11.3 Å². The number of ether oxygens (including phenoxy) is 1. The van der Waals surface area contributed by atoms with Crippen molar-refractivity contribution in [3.8, 4) is 0 Å². The summed E-state index contributed by atoms with van der Waals surface area (Å²) < 4.78 is 8.33. The van der Waals surface area contributed by atoms with E-state index in [2.05, 4.69) is 110 Å². The summed E-state index contributed by atoms with van der Waals surface area (Å²) in [7, 11) is 0. The monoisotopic (exact) mass is 649 g/mol. The molecule has 5 aliphatic carbocycles. The van der Waals surface area contributed by atoms with Crippen LogP contribution in [0.3, 0.4) is 0 Å². The van der Waals surface area contributed by atoms with Gasteiger partial charge in [0.15, 0.2) is 6.17 Å². The third kappa shape index (κ3) is 4.50. The highest BCUT2D eigenvalue weighted by atomic mass is 32.1. The molecule has 1 spiro atoms.